The third-order valence-electron chi connectivity index (χ3n) is 3.14. The molecule has 7 nitrogen and oxygen atoms in total. The first-order valence-corrected chi connectivity index (χ1v) is 7.10. The van der Waals surface area contributed by atoms with E-state index in [0.29, 0.717) is 21.7 Å². The highest BCUT2D eigenvalue weighted by Crippen LogP contribution is 2.39. The van der Waals surface area contributed by atoms with Crippen LogP contribution in [0.1, 0.15) is 0 Å². The minimum atomic E-state index is -3.87. The minimum Gasteiger partial charge on any atom is -0.493 e. The van der Waals surface area contributed by atoms with Gasteiger partial charge in [-0.25, -0.2) is 13.6 Å². The first kappa shape index (κ1) is 12.6. The number of sulfonamides is 1. The molecule has 0 atom stereocenters. The van der Waals surface area contributed by atoms with Gasteiger partial charge >= 0.3 is 0 Å². The largest absolute Gasteiger partial charge is 0.493 e. The summed E-state index contributed by atoms with van der Waals surface area (Å²) in [7, 11) is -3.87. The molecular weight excluding hydrogens is 282 g/mol. The van der Waals surface area contributed by atoms with E-state index in [1.54, 1.807) is 6.07 Å². The maximum atomic E-state index is 11.6. The van der Waals surface area contributed by atoms with E-state index in [1.165, 1.54) is 24.3 Å². The molecule has 20 heavy (non-hydrogen) atoms. The lowest BCUT2D eigenvalue weighted by molar-refractivity contribution is 0.460. The zero-order valence-corrected chi connectivity index (χ0v) is 10.8. The zero-order valence-electron chi connectivity index (χ0n) is 9.99. The fourth-order valence-corrected chi connectivity index (χ4v) is 3.06. The summed E-state index contributed by atoms with van der Waals surface area (Å²) in [4.78, 5) is 13.3. The van der Waals surface area contributed by atoms with Gasteiger partial charge in [0.05, 0.1) is 10.4 Å². The number of nitrogens with zero attached hydrogens (tertiary/aromatic N) is 1. The van der Waals surface area contributed by atoms with E-state index in [-0.39, 0.29) is 16.5 Å². The number of aromatic hydroxyl groups is 1. The molecule has 0 fully saturated rings. The number of nitroso groups, excluding NO2 is 1. The van der Waals surface area contributed by atoms with Crippen molar-refractivity contribution in [3.8, 4) is 5.88 Å². The van der Waals surface area contributed by atoms with Crippen molar-refractivity contribution in [2.45, 2.75) is 4.90 Å². The number of rotatable bonds is 2. The number of nitrogens with two attached hydrogens (primary N) is 1. The summed E-state index contributed by atoms with van der Waals surface area (Å²) in [5.74, 6) is -0.358. The lowest BCUT2D eigenvalue weighted by Crippen LogP contribution is -2.12. The van der Waals surface area contributed by atoms with Crippen LogP contribution in [0.4, 0.5) is 5.69 Å². The summed E-state index contributed by atoms with van der Waals surface area (Å²) in [5, 5.41) is 18.9. The Morgan fingerprint density at radius 3 is 2.45 bits per heavy atom. The van der Waals surface area contributed by atoms with E-state index in [1.807, 2.05) is 0 Å². The van der Waals surface area contributed by atoms with E-state index >= 15 is 0 Å². The molecule has 0 aliphatic heterocycles. The molecule has 0 saturated heterocycles. The molecule has 1 heterocycles. The fraction of sp³-hybridized carbons (Fsp3) is 0. The maximum absolute atomic E-state index is 11.6. The highest BCUT2D eigenvalue weighted by molar-refractivity contribution is 7.89. The van der Waals surface area contributed by atoms with Crippen LogP contribution in [0.15, 0.2) is 40.4 Å². The molecule has 3 rings (SSSR count). The fourth-order valence-electron chi connectivity index (χ4n) is 2.31. The highest BCUT2D eigenvalue weighted by atomic mass is 32.2. The van der Waals surface area contributed by atoms with Gasteiger partial charge in [-0.2, -0.15) is 0 Å². The molecule has 0 aliphatic carbocycles. The third-order valence-corrected chi connectivity index (χ3v) is 4.11. The maximum Gasteiger partial charge on any atom is 0.238 e. The highest BCUT2D eigenvalue weighted by Gasteiger charge is 2.17. The van der Waals surface area contributed by atoms with Crippen LogP contribution in [0.3, 0.4) is 0 Å². The number of hydrogen-bond donors (Lipinski definition) is 3. The predicted molar refractivity (Wildman–Crippen MR) is 74.3 cm³/mol. The van der Waals surface area contributed by atoms with E-state index < -0.39 is 10.0 Å². The lowest BCUT2D eigenvalue weighted by Gasteiger charge is -2.05. The number of H-pyrrole nitrogens is 1. The Kier molecular flexibility index (Phi) is 2.53. The molecule has 0 spiro atoms. The van der Waals surface area contributed by atoms with Crippen LogP contribution < -0.4 is 5.14 Å². The van der Waals surface area contributed by atoms with Crippen molar-refractivity contribution in [2.75, 3.05) is 0 Å². The Labute approximate surface area is 113 Å². The van der Waals surface area contributed by atoms with Crippen molar-refractivity contribution in [3.63, 3.8) is 0 Å². The zero-order chi connectivity index (χ0) is 14.5. The van der Waals surface area contributed by atoms with Crippen LogP contribution in [-0.2, 0) is 10.0 Å². The second-order valence-corrected chi connectivity index (χ2v) is 5.83. The van der Waals surface area contributed by atoms with Gasteiger partial charge in [-0.1, -0.05) is 18.2 Å². The van der Waals surface area contributed by atoms with Crippen LogP contribution in [0.5, 0.6) is 5.88 Å². The lowest BCUT2D eigenvalue weighted by atomic mass is 10.1. The predicted octanol–water partition coefficient (Wildman–Crippen LogP) is 2.07. The molecule has 0 amide bonds. The van der Waals surface area contributed by atoms with Crippen molar-refractivity contribution in [2.24, 2.45) is 10.3 Å². The average molecular weight is 291 g/mol. The van der Waals surface area contributed by atoms with Gasteiger partial charge in [0.25, 0.3) is 0 Å². The van der Waals surface area contributed by atoms with E-state index in [4.69, 9.17) is 5.14 Å². The Balaban J connectivity index is 2.54. The van der Waals surface area contributed by atoms with Gasteiger partial charge in [-0.3, -0.25) is 0 Å². The summed E-state index contributed by atoms with van der Waals surface area (Å²) < 4.78 is 23.1. The Morgan fingerprint density at radius 2 is 1.80 bits per heavy atom. The van der Waals surface area contributed by atoms with Crippen molar-refractivity contribution >= 4 is 37.4 Å². The topological polar surface area (TPSA) is 126 Å². The average Bonchev–Trinajstić information content (AvgIpc) is 2.72. The number of aromatic amines is 1. The van der Waals surface area contributed by atoms with Gasteiger partial charge in [-0.15, -0.1) is 4.91 Å². The van der Waals surface area contributed by atoms with Gasteiger partial charge in [0.1, 0.15) is 0 Å². The van der Waals surface area contributed by atoms with Gasteiger partial charge in [0.2, 0.25) is 15.9 Å². The number of primary sulfonamides is 1. The monoisotopic (exact) mass is 291 g/mol. The van der Waals surface area contributed by atoms with Crippen molar-refractivity contribution < 1.29 is 13.5 Å². The van der Waals surface area contributed by atoms with Crippen LogP contribution >= 0.6 is 0 Å². The molecule has 0 radical (unpaired) electrons. The molecule has 0 saturated carbocycles. The standard InChI is InChI=1S/C12H9N3O4S/c13-20(18,19)9-3-1-2-7-6(9)4-5-8-10(7)14-12(16)11(8)15-17/h1-5,14,16H,(H2,13,18,19). The summed E-state index contributed by atoms with van der Waals surface area (Å²) in [6.07, 6.45) is 0. The van der Waals surface area contributed by atoms with E-state index in [0.717, 1.165) is 0 Å². The Morgan fingerprint density at radius 1 is 1.10 bits per heavy atom. The first-order chi connectivity index (χ1) is 9.43. The summed E-state index contributed by atoms with van der Waals surface area (Å²) >= 11 is 0. The van der Waals surface area contributed by atoms with Gasteiger partial charge in [-0.05, 0) is 17.3 Å². The smallest absolute Gasteiger partial charge is 0.238 e. The molecule has 3 aromatic rings. The summed E-state index contributed by atoms with van der Waals surface area (Å²) in [6.45, 7) is 0. The Hall–Kier alpha value is -2.45. The number of hydrogen-bond acceptors (Lipinski definition) is 5. The SMILES string of the molecule is NS(=O)(=O)c1cccc2c1ccc1c(N=O)c(O)[nH]c12. The van der Waals surface area contributed by atoms with Crippen LogP contribution in [0.25, 0.3) is 21.7 Å². The second kappa shape index (κ2) is 4.02. The molecule has 1 aromatic heterocycles. The van der Waals surface area contributed by atoms with Gasteiger partial charge in [0, 0.05) is 16.2 Å². The summed E-state index contributed by atoms with van der Waals surface area (Å²) in [5.41, 5.74) is 0.322. The minimum absolute atomic E-state index is 0.0217. The normalized spacial score (nSPS) is 12.1. The van der Waals surface area contributed by atoms with E-state index in [2.05, 4.69) is 10.2 Å². The van der Waals surface area contributed by atoms with Crippen LogP contribution in [0.2, 0.25) is 0 Å². The first-order valence-electron chi connectivity index (χ1n) is 5.56. The van der Waals surface area contributed by atoms with Crippen LogP contribution in [0, 0.1) is 4.91 Å². The van der Waals surface area contributed by atoms with Crippen molar-refractivity contribution in [1.82, 2.24) is 4.98 Å². The molecule has 8 heteroatoms. The number of aromatic nitrogens is 1. The molecular formula is C12H9N3O4S. The second-order valence-electron chi connectivity index (χ2n) is 4.30. The van der Waals surface area contributed by atoms with Crippen LogP contribution in [-0.4, -0.2) is 18.5 Å². The van der Waals surface area contributed by atoms with Crippen molar-refractivity contribution in [3.05, 3.63) is 35.2 Å². The number of nitrogens with one attached hydrogen (secondary N) is 1. The van der Waals surface area contributed by atoms with E-state index in [9.17, 15) is 18.4 Å². The number of fused-ring (bicyclic) bond motifs is 3. The molecule has 0 bridgehead atoms. The van der Waals surface area contributed by atoms with Gasteiger partial charge < -0.3 is 10.1 Å². The summed E-state index contributed by atoms with van der Waals surface area (Å²) in [6, 6.07) is 7.63. The number of benzene rings is 2. The molecule has 0 aliphatic rings. The molecule has 4 N–H and O–H groups in total. The third kappa shape index (κ3) is 1.66. The quantitative estimate of drug-likeness (QED) is 0.625. The Bertz CT molecular complexity index is 960. The molecule has 0 unspecified atom stereocenters. The molecule has 102 valence electrons. The molecule has 2 aromatic carbocycles. The van der Waals surface area contributed by atoms with Gasteiger partial charge in [0.15, 0.2) is 5.69 Å². The van der Waals surface area contributed by atoms with Crippen molar-refractivity contribution in [1.29, 1.82) is 0 Å².